The molecule has 0 saturated heterocycles. The molecule has 0 saturated carbocycles. The fourth-order valence-electron chi connectivity index (χ4n) is 4.03. The minimum Gasteiger partial charge on any atom is -0.495 e. The Balaban J connectivity index is 1.46. The van der Waals surface area contributed by atoms with E-state index in [2.05, 4.69) is 9.71 Å². The van der Waals surface area contributed by atoms with Gasteiger partial charge in [-0.3, -0.25) is 14.6 Å². The van der Waals surface area contributed by atoms with Crippen molar-refractivity contribution in [2.75, 3.05) is 14.2 Å². The van der Waals surface area contributed by atoms with Gasteiger partial charge in [-0.15, -0.1) is 11.3 Å². The van der Waals surface area contributed by atoms with E-state index >= 15 is 0 Å². The second-order valence-corrected chi connectivity index (χ2v) is 10.9. The number of pyridine rings is 1. The molecule has 5 rings (SSSR count). The number of hydrogen-bond acceptors (Lipinski definition) is 7. The first-order valence-corrected chi connectivity index (χ1v) is 13.2. The summed E-state index contributed by atoms with van der Waals surface area (Å²) < 4.78 is 33.5. The van der Waals surface area contributed by atoms with Gasteiger partial charge in [0.15, 0.2) is 0 Å². The van der Waals surface area contributed by atoms with Crippen LogP contribution in [0.15, 0.2) is 77.8 Å². The van der Waals surface area contributed by atoms with Gasteiger partial charge in [0.1, 0.15) is 16.3 Å². The van der Waals surface area contributed by atoms with E-state index in [-0.39, 0.29) is 22.2 Å². The molecule has 0 spiro atoms. The Kier molecular flexibility index (Phi) is 6.07. The maximum atomic E-state index is 13.1. The van der Waals surface area contributed by atoms with Crippen LogP contribution in [0, 0.1) is 0 Å². The van der Waals surface area contributed by atoms with Crippen LogP contribution >= 0.6 is 11.3 Å². The van der Waals surface area contributed by atoms with Crippen LogP contribution in [0.3, 0.4) is 0 Å². The normalized spacial score (nSPS) is 12.9. The van der Waals surface area contributed by atoms with Crippen molar-refractivity contribution in [3.8, 4) is 26.6 Å². The standard InChI is InChI=1S/C26H21N3O5S2/c1-29-15-18-13-16(6-8-19(18)26(29)31)22-10-11-23(35-22)17-7-9-21(34-2)24(14-17)36(32,33)28-25(30)20-5-3-4-12-27-20/h3-14H,15H2,1-2H3,(H,28,30). The largest absolute Gasteiger partial charge is 0.495 e. The maximum absolute atomic E-state index is 13.1. The number of carbonyl (C=O) groups excluding carboxylic acids is 2. The quantitative estimate of drug-likeness (QED) is 0.410. The number of nitrogens with zero attached hydrogens (tertiary/aromatic N) is 2. The van der Waals surface area contributed by atoms with Crippen molar-refractivity contribution >= 4 is 33.2 Å². The zero-order valence-electron chi connectivity index (χ0n) is 19.4. The van der Waals surface area contributed by atoms with E-state index in [9.17, 15) is 18.0 Å². The SMILES string of the molecule is COc1ccc(-c2ccc(-c3ccc4c(c3)CN(C)C4=O)s2)cc1S(=O)(=O)NC(=O)c1ccccn1. The molecule has 4 aromatic rings. The van der Waals surface area contributed by atoms with Gasteiger partial charge in [0.25, 0.3) is 21.8 Å². The number of nitrogens with one attached hydrogen (secondary N) is 1. The van der Waals surface area contributed by atoms with Gasteiger partial charge in [-0.25, -0.2) is 13.1 Å². The van der Waals surface area contributed by atoms with Crippen LogP contribution in [0.5, 0.6) is 5.75 Å². The van der Waals surface area contributed by atoms with Crippen LogP contribution < -0.4 is 9.46 Å². The summed E-state index contributed by atoms with van der Waals surface area (Å²) in [6.07, 6.45) is 1.41. The second-order valence-electron chi connectivity index (χ2n) is 8.21. The van der Waals surface area contributed by atoms with Crippen LogP contribution in [-0.4, -0.2) is 44.3 Å². The molecule has 2 amide bonds. The van der Waals surface area contributed by atoms with E-state index in [1.165, 1.54) is 36.8 Å². The number of carbonyl (C=O) groups is 2. The van der Waals surface area contributed by atoms with E-state index < -0.39 is 15.9 Å². The van der Waals surface area contributed by atoms with Crippen molar-refractivity contribution in [2.45, 2.75) is 11.4 Å². The number of methoxy groups -OCH3 is 1. The molecule has 1 aliphatic heterocycles. The average Bonchev–Trinajstić information content (AvgIpc) is 3.48. The van der Waals surface area contributed by atoms with Crippen LogP contribution in [0.25, 0.3) is 20.9 Å². The van der Waals surface area contributed by atoms with Crippen LogP contribution in [0.1, 0.15) is 26.4 Å². The number of sulfonamides is 1. The molecule has 0 aliphatic carbocycles. The Morgan fingerprint density at radius 1 is 1.03 bits per heavy atom. The van der Waals surface area contributed by atoms with E-state index in [1.54, 1.807) is 36.2 Å². The molecule has 0 bridgehead atoms. The van der Waals surface area contributed by atoms with Gasteiger partial charge in [-0.05, 0) is 71.3 Å². The molecule has 0 atom stereocenters. The third-order valence-electron chi connectivity index (χ3n) is 5.84. The number of ether oxygens (including phenoxy) is 1. The summed E-state index contributed by atoms with van der Waals surface area (Å²) in [5.41, 5.74) is 3.33. The third kappa shape index (κ3) is 4.36. The lowest BCUT2D eigenvalue weighted by atomic mass is 10.1. The lowest BCUT2D eigenvalue weighted by Crippen LogP contribution is -2.31. The summed E-state index contributed by atoms with van der Waals surface area (Å²) in [5, 5.41) is 0. The molecular weight excluding hydrogens is 498 g/mol. The van der Waals surface area contributed by atoms with E-state index in [0.717, 1.165) is 26.4 Å². The summed E-state index contributed by atoms with van der Waals surface area (Å²) in [6.45, 7) is 0.574. The molecule has 3 heterocycles. The fourth-order valence-corrected chi connectivity index (χ4v) is 6.19. The molecule has 10 heteroatoms. The van der Waals surface area contributed by atoms with Gasteiger partial charge < -0.3 is 9.64 Å². The first kappa shape index (κ1) is 23.7. The van der Waals surface area contributed by atoms with Crippen molar-refractivity contribution in [1.82, 2.24) is 14.6 Å². The topological polar surface area (TPSA) is 106 Å². The van der Waals surface area contributed by atoms with Crippen LogP contribution in [-0.2, 0) is 16.6 Å². The van der Waals surface area contributed by atoms with E-state index in [1.807, 2.05) is 30.3 Å². The van der Waals surface area contributed by atoms with Crippen molar-refractivity contribution < 1.29 is 22.7 Å². The molecular formula is C26H21N3O5S2. The predicted octanol–water partition coefficient (Wildman–Crippen LogP) is 4.19. The Bertz CT molecular complexity index is 1600. The number of aromatic nitrogens is 1. The minimum absolute atomic E-state index is 0.0127. The highest BCUT2D eigenvalue weighted by atomic mass is 32.2. The first-order chi connectivity index (χ1) is 17.3. The van der Waals surface area contributed by atoms with Gasteiger partial charge in [0.2, 0.25) is 0 Å². The first-order valence-electron chi connectivity index (χ1n) is 10.9. The van der Waals surface area contributed by atoms with Crippen molar-refractivity contribution in [1.29, 1.82) is 0 Å². The summed E-state index contributed by atoms with van der Waals surface area (Å²) in [4.78, 5) is 31.9. The molecule has 1 N–H and O–H groups in total. The average molecular weight is 520 g/mol. The minimum atomic E-state index is -4.24. The molecule has 0 radical (unpaired) electrons. The van der Waals surface area contributed by atoms with Crippen LogP contribution in [0.4, 0.5) is 0 Å². The molecule has 8 nitrogen and oxygen atoms in total. The highest BCUT2D eigenvalue weighted by Gasteiger charge is 2.26. The molecule has 2 aromatic heterocycles. The number of benzene rings is 2. The predicted molar refractivity (Wildman–Crippen MR) is 136 cm³/mol. The zero-order chi connectivity index (χ0) is 25.4. The van der Waals surface area contributed by atoms with Gasteiger partial charge in [-0.2, -0.15) is 0 Å². The third-order valence-corrected chi connectivity index (χ3v) is 8.38. The number of thiophene rings is 1. The van der Waals surface area contributed by atoms with Crippen molar-refractivity contribution in [2.24, 2.45) is 0 Å². The highest BCUT2D eigenvalue weighted by molar-refractivity contribution is 7.90. The Hall–Kier alpha value is -4.02. The number of amides is 2. The monoisotopic (exact) mass is 519 g/mol. The smallest absolute Gasteiger partial charge is 0.283 e. The second kappa shape index (κ2) is 9.21. The molecule has 1 aliphatic rings. The van der Waals surface area contributed by atoms with Crippen LogP contribution in [0.2, 0.25) is 0 Å². The van der Waals surface area contributed by atoms with Gasteiger partial charge in [0.05, 0.1) is 7.11 Å². The van der Waals surface area contributed by atoms with E-state index in [0.29, 0.717) is 12.1 Å². The summed E-state index contributed by atoms with van der Waals surface area (Å²) >= 11 is 1.50. The highest BCUT2D eigenvalue weighted by Crippen LogP contribution is 2.38. The molecule has 182 valence electrons. The van der Waals surface area contributed by atoms with E-state index in [4.69, 9.17) is 4.74 Å². The Morgan fingerprint density at radius 2 is 1.75 bits per heavy atom. The molecule has 36 heavy (non-hydrogen) atoms. The van der Waals surface area contributed by atoms with Gasteiger partial charge in [-0.1, -0.05) is 12.1 Å². The number of rotatable bonds is 6. The summed E-state index contributed by atoms with van der Waals surface area (Å²) in [5.74, 6) is -0.697. The zero-order valence-corrected chi connectivity index (χ0v) is 21.0. The number of hydrogen-bond donors (Lipinski definition) is 1. The summed E-state index contributed by atoms with van der Waals surface area (Å²) in [7, 11) is -1.09. The maximum Gasteiger partial charge on any atom is 0.283 e. The molecule has 0 fully saturated rings. The van der Waals surface area contributed by atoms with Gasteiger partial charge in [0, 0.05) is 35.1 Å². The fraction of sp³-hybridized carbons (Fsp3) is 0.115. The van der Waals surface area contributed by atoms with Crippen molar-refractivity contribution in [3.05, 3.63) is 89.7 Å². The van der Waals surface area contributed by atoms with Gasteiger partial charge >= 0.3 is 0 Å². The lowest BCUT2D eigenvalue weighted by Gasteiger charge is -2.12. The lowest BCUT2D eigenvalue weighted by molar-refractivity contribution is 0.0816. The Labute approximate surface area is 212 Å². The van der Waals surface area contributed by atoms with Crippen molar-refractivity contribution in [3.63, 3.8) is 0 Å². The molecule has 2 aromatic carbocycles. The Morgan fingerprint density at radius 3 is 2.44 bits per heavy atom. The molecule has 0 unspecified atom stereocenters. The summed E-state index contributed by atoms with van der Waals surface area (Å²) in [6, 6.07) is 19.1. The number of fused-ring (bicyclic) bond motifs is 1.